The van der Waals surface area contributed by atoms with Crippen LogP contribution in [0.1, 0.15) is 31.2 Å². The third-order valence-corrected chi connectivity index (χ3v) is 6.30. The van der Waals surface area contributed by atoms with Crippen LogP contribution in [0.2, 0.25) is 0 Å². The minimum absolute atomic E-state index is 0.501. The number of methoxy groups -OCH3 is 1. The Hall–Kier alpha value is -2.79. The Bertz CT molecular complexity index is 978. The van der Waals surface area contributed by atoms with E-state index in [1.54, 1.807) is 7.11 Å². The van der Waals surface area contributed by atoms with Gasteiger partial charge in [0.15, 0.2) is 0 Å². The van der Waals surface area contributed by atoms with Crippen LogP contribution in [-0.2, 0) is 6.54 Å². The van der Waals surface area contributed by atoms with Gasteiger partial charge in [-0.15, -0.1) is 0 Å². The average molecular weight is 419 g/mol. The van der Waals surface area contributed by atoms with Gasteiger partial charge in [-0.25, -0.2) is 4.98 Å². The molecule has 0 bridgehead atoms. The molecular weight excluding hydrogens is 384 g/mol. The smallest absolute Gasteiger partial charge is 0.128 e. The van der Waals surface area contributed by atoms with E-state index in [-0.39, 0.29) is 0 Å². The van der Waals surface area contributed by atoms with E-state index in [1.165, 1.54) is 42.3 Å². The van der Waals surface area contributed by atoms with Gasteiger partial charge >= 0.3 is 0 Å². The lowest BCUT2D eigenvalue weighted by Gasteiger charge is -2.30. The van der Waals surface area contributed by atoms with Gasteiger partial charge in [-0.3, -0.25) is 0 Å². The van der Waals surface area contributed by atoms with Crippen LogP contribution in [0.3, 0.4) is 0 Å². The predicted molar refractivity (Wildman–Crippen MR) is 130 cm³/mol. The van der Waals surface area contributed by atoms with Crippen LogP contribution >= 0.6 is 0 Å². The van der Waals surface area contributed by atoms with Crippen molar-refractivity contribution in [3.05, 3.63) is 60.2 Å². The second kappa shape index (κ2) is 10.0. The fourth-order valence-electron chi connectivity index (χ4n) is 4.49. The van der Waals surface area contributed by atoms with Crippen molar-refractivity contribution >= 4 is 22.4 Å². The Morgan fingerprint density at radius 1 is 1.00 bits per heavy atom. The molecule has 31 heavy (non-hydrogen) atoms. The lowest BCUT2D eigenvalue weighted by Crippen LogP contribution is -2.31. The molecule has 164 valence electrons. The molecule has 1 fully saturated rings. The summed E-state index contributed by atoms with van der Waals surface area (Å²) in [4.78, 5) is 7.04. The Morgan fingerprint density at radius 2 is 1.74 bits per heavy atom. The molecule has 5 heteroatoms. The van der Waals surface area contributed by atoms with Crippen molar-refractivity contribution in [1.82, 2.24) is 10.3 Å². The maximum absolute atomic E-state index is 5.23. The van der Waals surface area contributed by atoms with Gasteiger partial charge < -0.3 is 20.3 Å². The first-order valence-corrected chi connectivity index (χ1v) is 11.3. The van der Waals surface area contributed by atoms with Crippen molar-refractivity contribution in [2.75, 3.05) is 38.0 Å². The Balaban J connectivity index is 1.27. The summed E-state index contributed by atoms with van der Waals surface area (Å²) in [5, 5.41) is 8.54. The lowest BCUT2D eigenvalue weighted by atomic mass is 9.86. The summed E-state index contributed by atoms with van der Waals surface area (Å²) < 4.78 is 5.23. The average Bonchev–Trinajstić information content (AvgIpc) is 2.80. The maximum Gasteiger partial charge on any atom is 0.128 e. The van der Waals surface area contributed by atoms with E-state index >= 15 is 0 Å². The van der Waals surface area contributed by atoms with Crippen molar-refractivity contribution in [2.24, 2.45) is 5.92 Å². The van der Waals surface area contributed by atoms with E-state index in [1.807, 2.05) is 12.1 Å². The quantitative estimate of drug-likeness (QED) is 0.535. The first-order valence-electron chi connectivity index (χ1n) is 11.3. The topological polar surface area (TPSA) is 49.4 Å². The number of hydrogen-bond acceptors (Lipinski definition) is 5. The summed E-state index contributed by atoms with van der Waals surface area (Å²) in [5.41, 5.74) is 3.56. The number of aromatic nitrogens is 1. The van der Waals surface area contributed by atoms with Crippen LogP contribution in [-0.4, -0.2) is 38.8 Å². The van der Waals surface area contributed by atoms with Crippen LogP contribution in [0.15, 0.2) is 54.6 Å². The Labute approximate surface area is 185 Å². The second-order valence-corrected chi connectivity index (χ2v) is 8.78. The molecule has 5 nitrogen and oxygen atoms in total. The molecule has 0 spiro atoms. The minimum atomic E-state index is 0.501. The number of nitrogens with zero attached hydrogens (tertiary/aromatic N) is 2. The monoisotopic (exact) mass is 418 g/mol. The van der Waals surface area contributed by atoms with E-state index in [0.29, 0.717) is 6.04 Å². The number of pyridine rings is 1. The Morgan fingerprint density at radius 3 is 2.45 bits per heavy atom. The van der Waals surface area contributed by atoms with Gasteiger partial charge in [0.1, 0.15) is 11.6 Å². The molecular formula is C26H34N4O. The normalized spacial score (nSPS) is 18.7. The summed E-state index contributed by atoms with van der Waals surface area (Å²) in [6, 6.07) is 19.4. The number of benzene rings is 2. The molecule has 2 N–H and O–H groups in total. The first kappa shape index (κ1) is 21.4. The standard InChI is InChI=1S/C26H34N4O/c1-30(2)25-16-26(29-24-7-5-4-6-23(24)25)28-21-12-8-19(9-13-21)17-27-18-20-10-14-22(31-3)15-11-20/h4-7,10-11,14-16,19,21,27H,8-9,12-13,17-18H2,1-3H3,(H,28,29)/t19-,21+. The first-order chi connectivity index (χ1) is 15.1. The molecule has 1 saturated carbocycles. The van der Waals surface area contributed by atoms with Gasteiger partial charge in [-0.2, -0.15) is 0 Å². The number of fused-ring (bicyclic) bond motifs is 1. The van der Waals surface area contributed by atoms with Gasteiger partial charge in [-0.1, -0.05) is 30.3 Å². The lowest BCUT2D eigenvalue weighted by molar-refractivity contribution is 0.324. The highest BCUT2D eigenvalue weighted by Gasteiger charge is 2.21. The molecule has 0 atom stereocenters. The van der Waals surface area contributed by atoms with Crippen LogP contribution in [0.25, 0.3) is 10.9 Å². The van der Waals surface area contributed by atoms with Crippen molar-refractivity contribution in [2.45, 2.75) is 38.3 Å². The van der Waals surface area contributed by atoms with Crippen molar-refractivity contribution in [3.8, 4) is 5.75 Å². The molecule has 4 rings (SSSR count). The van der Waals surface area contributed by atoms with E-state index in [2.05, 4.69) is 72.1 Å². The molecule has 1 heterocycles. The van der Waals surface area contributed by atoms with Gasteiger partial charge in [0.2, 0.25) is 0 Å². The summed E-state index contributed by atoms with van der Waals surface area (Å²) in [5.74, 6) is 2.65. The maximum atomic E-state index is 5.23. The molecule has 1 aromatic heterocycles. The summed E-state index contributed by atoms with van der Waals surface area (Å²) >= 11 is 0. The number of nitrogens with one attached hydrogen (secondary N) is 2. The van der Waals surface area contributed by atoms with Crippen molar-refractivity contribution in [1.29, 1.82) is 0 Å². The molecule has 1 aliphatic carbocycles. The summed E-state index contributed by atoms with van der Waals surface area (Å²) in [6.07, 6.45) is 4.89. The fourth-order valence-corrected chi connectivity index (χ4v) is 4.49. The van der Waals surface area contributed by atoms with Crippen LogP contribution in [0.5, 0.6) is 5.75 Å². The number of rotatable bonds is 8. The van der Waals surface area contributed by atoms with Gasteiger partial charge in [-0.05, 0) is 61.9 Å². The highest BCUT2D eigenvalue weighted by molar-refractivity contribution is 5.93. The summed E-state index contributed by atoms with van der Waals surface area (Å²) in [6.45, 7) is 1.99. The number of para-hydroxylation sites is 1. The highest BCUT2D eigenvalue weighted by Crippen LogP contribution is 2.30. The zero-order valence-electron chi connectivity index (χ0n) is 18.9. The molecule has 0 saturated heterocycles. The molecule has 0 radical (unpaired) electrons. The molecule has 0 aliphatic heterocycles. The van der Waals surface area contributed by atoms with E-state index in [9.17, 15) is 0 Å². The molecule has 0 amide bonds. The largest absolute Gasteiger partial charge is 0.497 e. The zero-order chi connectivity index (χ0) is 21.6. The third kappa shape index (κ3) is 5.47. The van der Waals surface area contributed by atoms with Gasteiger partial charge in [0.25, 0.3) is 0 Å². The predicted octanol–water partition coefficient (Wildman–Crippen LogP) is 5.07. The second-order valence-electron chi connectivity index (χ2n) is 8.78. The highest BCUT2D eigenvalue weighted by atomic mass is 16.5. The third-order valence-electron chi connectivity index (χ3n) is 6.30. The molecule has 1 aliphatic rings. The number of hydrogen-bond donors (Lipinski definition) is 2. The van der Waals surface area contributed by atoms with E-state index in [0.717, 1.165) is 36.1 Å². The fraction of sp³-hybridized carbons (Fsp3) is 0.423. The van der Waals surface area contributed by atoms with Crippen LogP contribution < -0.4 is 20.3 Å². The van der Waals surface area contributed by atoms with E-state index < -0.39 is 0 Å². The molecule has 2 aromatic carbocycles. The Kier molecular flexibility index (Phi) is 6.92. The van der Waals surface area contributed by atoms with E-state index in [4.69, 9.17) is 9.72 Å². The van der Waals surface area contributed by atoms with Crippen molar-refractivity contribution in [3.63, 3.8) is 0 Å². The molecule has 0 unspecified atom stereocenters. The van der Waals surface area contributed by atoms with Crippen LogP contribution in [0.4, 0.5) is 11.5 Å². The number of anilines is 2. The SMILES string of the molecule is COc1ccc(CNC[C@H]2CC[C@@H](Nc3cc(N(C)C)c4ccccc4n3)CC2)cc1. The zero-order valence-corrected chi connectivity index (χ0v) is 18.9. The van der Waals surface area contributed by atoms with Gasteiger partial charge in [0.05, 0.1) is 12.6 Å². The molecule has 3 aromatic rings. The minimum Gasteiger partial charge on any atom is -0.497 e. The summed E-state index contributed by atoms with van der Waals surface area (Å²) in [7, 11) is 5.89. The van der Waals surface area contributed by atoms with Crippen LogP contribution in [0, 0.1) is 5.92 Å². The van der Waals surface area contributed by atoms with Crippen molar-refractivity contribution < 1.29 is 4.74 Å². The van der Waals surface area contributed by atoms with Gasteiger partial charge in [0, 0.05) is 43.8 Å². The number of ether oxygens (including phenoxy) is 1.